The van der Waals surface area contributed by atoms with Gasteiger partial charge in [0.2, 0.25) is 5.91 Å². The highest BCUT2D eigenvalue weighted by Crippen LogP contribution is 2.22. The van der Waals surface area contributed by atoms with Gasteiger partial charge in [0.1, 0.15) is 6.54 Å². The number of hydrogen-bond acceptors (Lipinski definition) is 2. The van der Waals surface area contributed by atoms with Crippen molar-refractivity contribution in [3.63, 3.8) is 0 Å². The lowest BCUT2D eigenvalue weighted by molar-refractivity contribution is -0.861. The topological polar surface area (TPSA) is 41.5 Å². The number of hydrogen-bond donors (Lipinski definition) is 1. The Morgan fingerprint density at radius 2 is 1.96 bits per heavy atom. The summed E-state index contributed by atoms with van der Waals surface area (Å²) in [6.45, 7) is 11.1. The van der Waals surface area contributed by atoms with Gasteiger partial charge in [-0.05, 0) is 32.6 Å². The molecule has 132 valence electrons. The normalized spacial score (nSPS) is 22.3. The molecule has 1 amide bonds. The van der Waals surface area contributed by atoms with E-state index in [4.69, 9.17) is 4.99 Å². The number of rotatable bonds is 11. The van der Waals surface area contributed by atoms with Crippen LogP contribution in [0, 0.1) is 0 Å². The first-order valence-corrected chi connectivity index (χ1v) is 9.39. The Morgan fingerprint density at radius 3 is 2.57 bits per heavy atom. The summed E-state index contributed by atoms with van der Waals surface area (Å²) in [5.41, 5.74) is 0. The zero-order chi connectivity index (χ0) is 17.1. The van der Waals surface area contributed by atoms with Gasteiger partial charge < -0.3 is 5.32 Å². The second-order valence-electron chi connectivity index (χ2n) is 6.61. The average Bonchev–Trinajstić information content (AvgIpc) is 2.93. The first-order valence-electron chi connectivity index (χ1n) is 9.39. The van der Waals surface area contributed by atoms with Crippen molar-refractivity contribution in [3.05, 3.63) is 12.2 Å². The fraction of sp³-hybridized carbons (Fsp3) is 0.789. The minimum absolute atomic E-state index is 0.0481. The molecule has 1 N–H and O–H groups in total. The summed E-state index contributed by atoms with van der Waals surface area (Å²) >= 11 is 0. The number of carbonyl (C=O) groups is 1. The minimum Gasteiger partial charge on any atom is -0.307 e. The molecule has 1 rings (SSSR count). The Hall–Kier alpha value is -1.16. The molecule has 23 heavy (non-hydrogen) atoms. The van der Waals surface area contributed by atoms with E-state index in [0.717, 1.165) is 30.5 Å². The Morgan fingerprint density at radius 1 is 1.26 bits per heavy atom. The highest BCUT2D eigenvalue weighted by Gasteiger charge is 2.41. The molecule has 4 nitrogen and oxygen atoms in total. The predicted molar refractivity (Wildman–Crippen MR) is 98.4 cm³/mol. The zero-order valence-electron chi connectivity index (χ0n) is 15.6. The predicted octanol–water partition coefficient (Wildman–Crippen LogP) is 4.02. The van der Waals surface area contributed by atoms with E-state index in [2.05, 4.69) is 38.2 Å². The molecular weight excluding hydrogens is 286 g/mol. The number of amidine groups is 1. The van der Waals surface area contributed by atoms with Crippen molar-refractivity contribution in [2.24, 2.45) is 4.99 Å². The third-order valence-electron chi connectivity index (χ3n) is 4.94. The number of allylic oxidation sites excluding steroid dienone is 2. The molecule has 0 fully saturated rings. The van der Waals surface area contributed by atoms with E-state index in [0.29, 0.717) is 0 Å². The molecule has 0 aromatic rings. The van der Waals surface area contributed by atoms with Gasteiger partial charge in [-0.2, -0.15) is 0 Å². The summed E-state index contributed by atoms with van der Waals surface area (Å²) in [6.07, 6.45) is 13.2. The monoisotopic (exact) mass is 322 g/mol. The maximum absolute atomic E-state index is 11.4. The van der Waals surface area contributed by atoms with Gasteiger partial charge >= 0.3 is 0 Å². The summed E-state index contributed by atoms with van der Waals surface area (Å²) in [5, 5.41) is 3.08. The zero-order valence-corrected chi connectivity index (χ0v) is 15.6. The van der Waals surface area contributed by atoms with Crippen LogP contribution in [-0.4, -0.2) is 42.0 Å². The molecule has 0 saturated carbocycles. The number of carbonyl (C=O) groups excluding carboxylic acids is 1. The van der Waals surface area contributed by atoms with Crippen molar-refractivity contribution in [2.75, 3.05) is 19.6 Å². The van der Waals surface area contributed by atoms with Crippen LogP contribution in [0.15, 0.2) is 17.1 Å². The molecule has 0 bridgehead atoms. The van der Waals surface area contributed by atoms with Gasteiger partial charge in [-0.1, -0.05) is 31.9 Å². The van der Waals surface area contributed by atoms with Crippen LogP contribution in [0.1, 0.15) is 72.6 Å². The van der Waals surface area contributed by atoms with Gasteiger partial charge in [-0.3, -0.25) is 9.28 Å². The van der Waals surface area contributed by atoms with E-state index in [9.17, 15) is 4.79 Å². The highest BCUT2D eigenvalue weighted by atomic mass is 16.1. The molecule has 1 aliphatic heterocycles. The van der Waals surface area contributed by atoms with Crippen LogP contribution in [-0.2, 0) is 4.79 Å². The number of likely N-dealkylation sites (N-methyl/N-ethyl adjacent to an activating group) is 1. The number of nitrogens with zero attached hydrogens (tertiary/aromatic N) is 2. The van der Waals surface area contributed by atoms with Crippen LogP contribution >= 0.6 is 0 Å². The molecule has 2 unspecified atom stereocenters. The summed E-state index contributed by atoms with van der Waals surface area (Å²) < 4.78 is 0.839. The Balaban J connectivity index is 2.42. The van der Waals surface area contributed by atoms with Gasteiger partial charge in [-0.25, -0.2) is 4.99 Å². The maximum Gasteiger partial charge on any atom is 0.221 e. The fourth-order valence-corrected chi connectivity index (χ4v) is 3.48. The molecule has 1 aliphatic rings. The fourth-order valence-electron chi connectivity index (χ4n) is 3.48. The third kappa shape index (κ3) is 6.09. The number of amides is 1. The molecule has 0 aromatic heterocycles. The second-order valence-corrected chi connectivity index (χ2v) is 6.61. The SMILES string of the molecule is CCCC/C=C/CCCCC1=NCC[N+]1(CC)C(C)NC(C)=O. The molecular formula is C19H36N3O+. The summed E-state index contributed by atoms with van der Waals surface area (Å²) in [4.78, 5) is 16.2. The van der Waals surface area contributed by atoms with Crippen molar-refractivity contribution in [3.8, 4) is 0 Å². The lowest BCUT2D eigenvalue weighted by Gasteiger charge is -2.39. The van der Waals surface area contributed by atoms with Crippen LogP contribution in [0.4, 0.5) is 0 Å². The summed E-state index contributed by atoms with van der Waals surface area (Å²) in [6, 6.07) is 0. The Bertz CT molecular complexity index is 417. The number of unbranched alkanes of at least 4 members (excludes halogenated alkanes) is 4. The van der Waals surface area contributed by atoms with Crippen LogP contribution in [0.5, 0.6) is 0 Å². The molecule has 1 heterocycles. The molecule has 0 aromatic carbocycles. The molecule has 0 spiro atoms. The first kappa shape index (κ1) is 19.9. The largest absolute Gasteiger partial charge is 0.307 e. The van der Waals surface area contributed by atoms with Gasteiger partial charge in [0.25, 0.3) is 0 Å². The first-order chi connectivity index (χ1) is 11.1. The van der Waals surface area contributed by atoms with E-state index in [1.807, 2.05) is 0 Å². The van der Waals surface area contributed by atoms with E-state index in [1.54, 1.807) is 6.92 Å². The number of quaternary nitrogens is 1. The average molecular weight is 323 g/mol. The summed E-state index contributed by atoms with van der Waals surface area (Å²) in [5.74, 6) is 1.33. The van der Waals surface area contributed by atoms with Crippen LogP contribution < -0.4 is 5.32 Å². The van der Waals surface area contributed by atoms with Crippen molar-refractivity contribution in [2.45, 2.75) is 78.8 Å². The lowest BCUT2D eigenvalue weighted by Crippen LogP contribution is -2.62. The van der Waals surface area contributed by atoms with Crippen molar-refractivity contribution in [1.29, 1.82) is 0 Å². The molecule has 0 aliphatic carbocycles. The Kier molecular flexibility index (Phi) is 9.15. The van der Waals surface area contributed by atoms with Gasteiger partial charge in [0.05, 0.1) is 13.1 Å². The van der Waals surface area contributed by atoms with Crippen LogP contribution in [0.2, 0.25) is 0 Å². The second kappa shape index (κ2) is 10.6. The van der Waals surface area contributed by atoms with Crippen molar-refractivity contribution in [1.82, 2.24) is 5.32 Å². The van der Waals surface area contributed by atoms with E-state index in [1.165, 1.54) is 44.4 Å². The molecule has 0 saturated heterocycles. The molecule has 2 atom stereocenters. The smallest absolute Gasteiger partial charge is 0.221 e. The third-order valence-corrected chi connectivity index (χ3v) is 4.94. The highest BCUT2D eigenvalue weighted by molar-refractivity contribution is 5.78. The Labute approximate surface area is 142 Å². The van der Waals surface area contributed by atoms with Gasteiger partial charge in [0, 0.05) is 20.3 Å². The molecule has 0 radical (unpaired) electrons. The van der Waals surface area contributed by atoms with Crippen molar-refractivity contribution < 1.29 is 9.28 Å². The number of nitrogens with one attached hydrogen (secondary N) is 1. The van der Waals surface area contributed by atoms with E-state index < -0.39 is 0 Å². The maximum atomic E-state index is 11.4. The molecule has 4 heteroatoms. The number of aliphatic imine (C=N–C) groups is 1. The van der Waals surface area contributed by atoms with Gasteiger partial charge in [0.15, 0.2) is 12.0 Å². The van der Waals surface area contributed by atoms with Crippen LogP contribution in [0.3, 0.4) is 0 Å². The summed E-state index contributed by atoms with van der Waals surface area (Å²) in [7, 11) is 0. The standard InChI is InChI=1S/C19H35N3O/c1-5-7-8-9-10-11-12-13-14-19-20-15-16-22(19,6-2)17(3)21-18(4)23/h9-10,17H,5-8,11-16H2,1-4H3/p+1/b10-9+. The quantitative estimate of drug-likeness (QED) is 0.348. The van der Waals surface area contributed by atoms with Crippen molar-refractivity contribution >= 4 is 11.7 Å². The van der Waals surface area contributed by atoms with Gasteiger partial charge in [-0.15, -0.1) is 0 Å². The minimum atomic E-state index is 0.0481. The van der Waals surface area contributed by atoms with Crippen LogP contribution in [0.25, 0.3) is 0 Å². The van der Waals surface area contributed by atoms with E-state index >= 15 is 0 Å². The lowest BCUT2D eigenvalue weighted by atomic mass is 10.1. The van der Waals surface area contributed by atoms with E-state index in [-0.39, 0.29) is 12.1 Å².